The zero-order chi connectivity index (χ0) is 21.0. The van der Waals surface area contributed by atoms with E-state index in [2.05, 4.69) is 0 Å². The second-order valence-corrected chi connectivity index (χ2v) is 8.11. The first-order chi connectivity index (χ1) is 13.9. The van der Waals surface area contributed by atoms with Gasteiger partial charge in [0.2, 0.25) is 5.91 Å². The van der Waals surface area contributed by atoms with Crippen molar-refractivity contribution in [2.24, 2.45) is 0 Å². The van der Waals surface area contributed by atoms with Crippen LogP contribution in [-0.2, 0) is 20.7 Å². The third-order valence-electron chi connectivity index (χ3n) is 4.76. The molecule has 2 amide bonds. The van der Waals surface area contributed by atoms with Crippen molar-refractivity contribution < 1.29 is 19.1 Å². The van der Waals surface area contributed by atoms with Crippen LogP contribution in [0.5, 0.6) is 0 Å². The third kappa shape index (κ3) is 4.79. The molecule has 0 saturated heterocycles. The number of hydrogen-bond acceptors (Lipinski definition) is 5. The molecule has 0 spiro atoms. The maximum Gasteiger partial charge on any atom is 0.339 e. The molecule has 1 aliphatic rings. The van der Waals surface area contributed by atoms with Gasteiger partial charge in [0.15, 0.2) is 6.61 Å². The molecule has 3 rings (SSSR count). The molecule has 1 aliphatic heterocycles. The van der Waals surface area contributed by atoms with Crippen molar-refractivity contribution in [1.29, 1.82) is 0 Å². The van der Waals surface area contributed by atoms with E-state index in [-0.39, 0.29) is 30.2 Å². The number of para-hydroxylation sites is 1. The van der Waals surface area contributed by atoms with E-state index in [9.17, 15) is 14.4 Å². The topological polar surface area (TPSA) is 66.9 Å². The average molecular weight is 413 g/mol. The number of esters is 1. The summed E-state index contributed by atoms with van der Waals surface area (Å²) >= 11 is 1.28. The molecule has 2 aromatic carbocycles. The maximum atomic E-state index is 12.7. The SMILES string of the molecule is C[C@H]1Cc2ccccc2N1C(=O)COC(=O)c1ccccc1SCC(=O)N(C)C. The number of carbonyl (C=O) groups excluding carboxylic acids is 3. The summed E-state index contributed by atoms with van der Waals surface area (Å²) in [5.74, 6) is -0.643. The summed E-state index contributed by atoms with van der Waals surface area (Å²) in [6.45, 7) is 1.65. The molecule has 29 heavy (non-hydrogen) atoms. The van der Waals surface area contributed by atoms with Crippen molar-refractivity contribution in [1.82, 2.24) is 4.90 Å². The molecule has 0 aliphatic carbocycles. The van der Waals surface area contributed by atoms with E-state index in [1.54, 1.807) is 43.3 Å². The Bertz CT molecular complexity index is 929. The lowest BCUT2D eigenvalue weighted by molar-refractivity contribution is -0.126. The van der Waals surface area contributed by atoms with Crippen LogP contribution >= 0.6 is 11.8 Å². The molecule has 0 radical (unpaired) electrons. The minimum atomic E-state index is -0.570. The molecule has 0 saturated carbocycles. The number of anilines is 1. The number of nitrogens with zero attached hydrogens (tertiary/aromatic N) is 2. The van der Waals surface area contributed by atoms with E-state index in [0.717, 1.165) is 17.7 Å². The molecule has 152 valence electrons. The van der Waals surface area contributed by atoms with E-state index in [1.165, 1.54) is 16.7 Å². The Morgan fingerprint density at radius 2 is 1.79 bits per heavy atom. The molecule has 0 unspecified atom stereocenters. The normalized spacial score (nSPS) is 15.0. The van der Waals surface area contributed by atoms with E-state index < -0.39 is 5.97 Å². The summed E-state index contributed by atoms with van der Waals surface area (Å²) in [6, 6.07) is 14.7. The molecular weight excluding hydrogens is 388 g/mol. The highest BCUT2D eigenvalue weighted by Crippen LogP contribution is 2.32. The highest BCUT2D eigenvalue weighted by molar-refractivity contribution is 8.00. The lowest BCUT2D eigenvalue weighted by Crippen LogP contribution is -2.38. The minimum Gasteiger partial charge on any atom is -0.452 e. The van der Waals surface area contributed by atoms with E-state index in [4.69, 9.17) is 4.74 Å². The molecule has 0 bridgehead atoms. The fourth-order valence-electron chi connectivity index (χ4n) is 3.25. The molecule has 6 nitrogen and oxygen atoms in total. The van der Waals surface area contributed by atoms with Crippen LogP contribution in [0.4, 0.5) is 5.69 Å². The summed E-state index contributed by atoms with van der Waals surface area (Å²) in [5, 5.41) is 0. The van der Waals surface area contributed by atoms with Crippen LogP contribution in [0.2, 0.25) is 0 Å². The Hall–Kier alpha value is -2.80. The van der Waals surface area contributed by atoms with Crippen LogP contribution in [0, 0.1) is 0 Å². The van der Waals surface area contributed by atoms with Crippen LogP contribution in [0.25, 0.3) is 0 Å². The summed E-state index contributed by atoms with van der Waals surface area (Å²) in [6.07, 6.45) is 0.787. The largest absolute Gasteiger partial charge is 0.452 e. The van der Waals surface area contributed by atoms with Gasteiger partial charge in [-0.25, -0.2) is 4.79 Å². The second kappa shape index (κ2) is 9.13. The van der Waals surface area contributed by atoms with Crippen molar-refractivity contribution in [2.45, 2.75) is 24.3 Å². The standard InChI is InChI=1S/C22H24N2O4S/c1-15-12-16-8-4-6-10-18(16)24(15)20(25)13-28-22(27)17-9-5-7-11-19(17)29-14-21(26)23(2)3/h4-11,15H,12-14H2,1-3H3/t15-/m0/s1. The predicted octanol–water partition coefficient (Wildman–Crippen LogP) is 3.00. The van der Waals surface area contributed by atoms with Crippen molar-refractivity contribution in [3.8, 4) is 0 Å². The number of rotatable bonds is 6. The van der Waals surface area contributed by atoms with Gasteiger partial charge in [-0.05, 0) is 37.1 Å². The number of ether oxygens (including phenoxy) is 1. The number of carbonyl (C=O) groups is 3. The third-order valence-corrected chi connectivity index (χ3v) is 5.82. The number of benzene rings is 2. The van der Waals surface area contributed by atoms with E-state index in [1.807, 2.05) is 31.2 Å². The number of hydrogen-bond donors (Lipinski definition) is 0. The van der Waals surface area contributed by atoms with Gasteiger partial charge in [0.1, 0.15) is 0 Å². The molecule has 0 aromatic heterocycles. The van der Waals surface area contributed by atoms with Crippen LogP contribution < -0.4 is 4.90 Å². The van der Waals surface area contributed by atoms with Gasteiger partial charge >= 0.3 is 5.97 Å². The van der Waals surface area contributed by atoms with E-state index >= 15 is 0 Å². The molecule has 2 aromatic rings. The maximum absolute atomic E-state index is 12.7. The van der Waals surface area contributed by atoms with Crippen molar-refractivity contribution in [2.75, 3.05) is 31.4 Å². The molecular formula is C22H24N2O4S. The first-order valence-electron chi connectivity index (χ1n) is 9.37. The molecule has 1 atom stereocenters. The van der Waals surface area contributed by atoms with Gasteiger partial charge < -0.3 is 14.5 Å². The molecule has 0 N–H and O–H groups in total. The highest BCUT2D eigenvalue weighted by atomic mass is 32.2. The zero-order valence-corrected chi connectivity index (χ0v) is 17.6. The molecule has 7 heteroatoms. The van der Waals surface area contributed by atoms with Gasteiger partial charge in [0, 0.05) is 30.7 Å². The zero-order valence-electron chi connectivity index (χ0n) is 16.8. The van der Waals surface area contributed by atoms with Crippen molar-refractivity contribution >= 4 is 35.2 Å². The lowest BCUT2D eigenvalue weighted by Gasteiger charge is -2.22. The van der Waals surface area contributed by atoms with Crippen LogP contribution in [0.1, 0.15) is 22.8 Å². The smallest absolute Gasteiger partial charge is 0.339 e. The van der Waals surface area contributed by atoms with Gasteiger partial charge in [0.25, 0.3) is 5.91 Å². The first-order valence-corrected chi connectivity index (χ1v) is 10.4. The van der Waals surface area contributed by atoms with Crippen LogP contribution in [0.3, 0.4) is 0 Å². The van der Waals surface area contributed by atoms with Crippen LogP contribution in [-0.4, -0.2) is 55.2 Å². The summed E-state index contributed by atoms with van der Waals surface area (Å²) < 4.78 is 5.32. The van der Waals surface area contributed by atoms with Gasteiger partial charge in [0.05, 0.1) is 11.3 Å². The molecule has 1 heterocycles. The second-order valence-electron chi connectivity index (χ2n) is 7.09. The van der Waals surface area contributed by atoms with Gasteiger partial charge in [-0.1, -0.05) is 30.3 Å². The predicted molar refractivity (Wildman–Crippen MR) is 113 cm³/mol. The number of thioether (sulfide) groups is 1. The van der Waals surface area contributed by atoms with Gasteiger partial charge in [-0.15, -0.1) is 11.8 Å². The Kier molecular flexibility index (Phi) is 6.59. The highest BCUT2D eigenvalue weighted by Gasteiger charge is 2.31. The Labute approximate surface area is 174 Å². The van der Waals surface area contributed by atoms with Crippen molar-refractivity contribution in [3.63, 3.8) is 0 Å². The fourth-order valence-corrected chi connectivity index (χ4v) is 4.27. The minimum absolute atomic E-state index is 0.0264. The van der Waals surface area contributed by atoms with E-state index in [0.29, 0.717) is 10.5 Å². The first kappa shape index (κ1) is 20.9. The summed E-state index contributed by atoms with van der Waals surface area (Å²) in [5.41, 5.74) is 2.35. The fraction of sp³-hybridized carbons (Fsp3) is 0.318. The Morgan fingerprint density at radius 1 is 1.10 bits per heavy atom. The quantitative estimate of drug-likeness (QED) is 0.539. The summed E-state index contributed by atoms with van der Waals surface area (Å²) in [4.78, 5) is 41.0. The lowest BCUT2D eigenvalue weighted by atomic mass is 10.1. The summed E-state index contributed by atoms with van der Waals surface area (Å²) in [7, 11) is 3.37. The molecule has 0 fully saturated rings. The number of amides is 2. The van der Waals surface area contributed by atoms with Crippen LogP contribution in [0.15, 0.2) is 53.4 Å². The van der Waals surface area contributed by atoms with Crippen molar-refractivity contribution in [3.05, 3.63) is 59.7 Å². The Balaban J connectivity index is 1.64. The Morgan fingerprint density at radius 3 is 2.55 bits per heavy atom. The van der Waals surface area contributed by atoms with Gasteiger partial charge in [-0.2, -0.15) is 0 Å². The monoisotopic (exact) mass is 412 g/mol. The average Bonchev–Trinajstić information content (AvgIpc) is 3.05. The van der Waals surface area contributed by atoms with Gasteiger partial charge in [-0.3, -0.25) is 9.59 Å². The number of fused-ring (bicyclic) bond motifs is 1.